The van der Waals surface area contributed by atoms with E-state index in [4.69, 9.17) is 0 Å². The van der Waals surface area contributed by atoms with Gasteiger partial charge in [0.15, 0.2) is 0 Å². The number of likely N-dealkylation sites (tertiary alicyclic amines) is 1. The molecule has 0 spiro atoms. The molecule has 0 saturated carbocycles. The number of nitrogens with zero attached hydrogens (tertiary/aromatic N) is 4. The molecule has 2 aromatic rings. The van der Waals surface area contributed by atoms with Crippen molar-refractivity contribution in [1.29, 1.82) is 0 Å². The van der Waals surface area contributed by atoms with E-state index in [0.29, 0.717) is 6.42 Å². The van der Waals surface area contributed by atoms with Gasteiger partial charge in [-0.05, 0) is 30.4 Å². The summed E-state index contributed by atoms with van der Waals surface area (Å²) in [4.78, 5) is 41.8. The van der Waals surface area contributed by atoms with Gasteiger partial charge >= 0.3 is 0 Å². The molecular weight excluding hydrogens is 448 g/mol. The fourth-order valence-corrected chi connectivity index (χ4v) is 5.61. The van der Waals surface area contributed by atoms with Crippen LogP contribution in [-0.2, 0) is 21.1 Å². The van der Waals surface area contributed by atoms with Gasteiger partial charge in [0.2, 0.25) is 17.7 Å². The molecule has 1 saturated heterocycles. The van der Waals surface area contributed by atoms with Crippen LogP contribution in [0.1, 0.15) is 27.2 Å². The van der Waals surface area contributed by atoms with E-state index < -0.39 is 29.8 Å². The summed E-state index contributed by atoms with van der Waals surface area (Å²) in [6, 6.07) is 6.08. The maximum Gasteiger partial charge on any atom is 0.244 e. The standard InChI is InChI=1S/C25H34N6O4/c1-14(2)11-16(12-32)31-22(17-10-9-15(3)20(23(33)26-4)21(17)25(31)35)24(34)27-13-30-19-8-6-5-7-18(19)28-29-30/h5-10,14-17,20-22,32H,11-13H2,1-4H3,(H,26,33)(H,27,34)/t15-,16-,17+,20-,21+,22+/m1/s1. The quantitative estimate of drug-likeness (QED) is 0.480. The second-order valence-corrected chi connectivity index (χ2v) is 9.92. The number of para-hydroxylation sites is 1. The summed E-state index contributed by atoms with van der Waals surface area (Å²) in [5.41, 5.74) is 1.50. The van der Waals surface area contributed by atoms with Crippen LogP contribution < -0.4 is 10.6 Å². The minimum Gasteiger partial charge on any atom is -0.394 e. The number of hydrogen-bond donors (Lipinski definition) is 3. The van der Waals surface area contributed by atoms with Gasteiger partial charge in [0.05, 0.1) is 30.0 Å². The van der Waals surface area contributed by atoms with Crippen LogP contribution in [0, 0.1) is 29.6 Å². The van der Waals surface area contributed by atoms with Crippen LogP contribution in [0.15, 0.2) is 36.4 Å². The molecule has 1 aromatic heterocycles. The van der Waals surface area contributed by atoms with E-state index in [2.05, 4.69) is 20.9 Å². The van der Waals surface area contributed by atoms with Crippen molar-refractivity contribution in [1.82, 2.24) is 30.5 Å². The number of rotatable bonds is 8. The summed E-state index contributed by atoms with van der Waals surface area (Å²) in [5, 5.41) is 24.0. The van der Waals surface area contributed by atoms with E-state index in [-0.39, 0.29) is 42.8 Å². The Bertz CT molecular complexity index is 1130. The molecular formula is C25H34N6O4. The van der Waals surface area contributed by atoms with Crippen LogP contribution in [0.25, 0.3) is 11.0 Å². The number of carbonyl (C=O) groups is 3. The Morgan fingerprint density at radius 2 is 1.91 bits per heavy atom. The number of benzene rings is 1. The molecule has 0 radical (unpaired) electrons. The molecule has 1 aliphatic heterocycles. The number of fused-ring (bicyclic) bond motifs is 2. The molecule has 2 heterocycles. The molecule has 2 aliphatic rings. The summed E-state index contributed by atoms with van der Waals surface area (Å²) in [6.07, 6.45) is 4.36. The van der Waals surface area contributed by atoms with Crippen LogP contribution >= 0.6 is 0 Å². The SMILES string of the molecule is CNC(=O)[C@H]1[C@H]2C(=O)N([C@@H](CO)CC(C)C)[C@H](C(=O)NCn3nnc4ccccc43)[C@H]2C=C[C@H]1C. The van der Waals surface area contributed by atoms with Gasteiger partial charge in [-0.2, -0.15) is 0 Å². The number of aliphatic hydroxyl groups excluding tert-OH is 1. The van der Waals surface area contributed by atoms with Gasteiger partial charge in [0.1, 0.15) is 18.2 Å². The molecule has 1 aliphatic carbocycles. The lowest BCUT2D eigenvalue weighted by molar-refractivity contribution is -0.143. The second kappa shape index (κ2) is 10.2. The van der Waals surface area contributed by atoms with E-state index in [1.54, 1.807) is 11.7 Å². The molecule has 188 valence electrons. The smallest absolute Gasteiger partial charge is 0.244 e. The molecule has 10 heteroatoms. The third-order valence-electron chi connectivity index (χ3n) is 7.20. The van der Waals surface area contributed by atoms with Crippen LogP contribution in [0.3, 0.4) is 0 Å². The Morgan fingerprint density at radius 1 is 1.17 bits per heavy atom. The monoisotopic (exact) mass is 482 g/mol. The van der Waals surface area contributed by atoms with Gasteiger partial charge in [-0.25, -0.2) is 4.68 Å². The Kier molecular flexibility index (Phi) is 7.20. The fraction of sp³-hybridized carbons (Fsp3) is 0.560. The Hall–Kier alpha value is -3.27. The Labute approximate surface area is 204 Å². The molecule has 4 rings (SSSR count). The van der Waals surface area contributed by atoms with Gasteiger partial charge < -0.3 is 20.6 Å². The van der Waals surface area contributed by atoms with Crippen molar-refractivity contribution in [2.75, 3.05) is 13.7 Å². The summed E-state index contributed by atoms with van der Waals surface area (Å²) in [6.45, 7) is 5.76. The highest BCUT2D eigenvalue weighted by atomic mass is 16.3. The van der Waals surface area contributed by atoms with Crippen molar-refractivity contribution in [2.24, 2.45) is 29.6 Å². The second-order valence-electron chi connectivity index (χ2n) is 9.92. The van der Waals surface area contributed by atoms with Crippen molar-refractivity contribution in [3.05, 3.63) is 36.4 Å². The van der Waals surface area contributed by atoms with Crippen LogP contribution in [0.5, 0.6) is 0 Å². The van der Waals surface area contributed by atoms with Crippen molar-refractivity contribution in [2.45, 2.75) is 45.9 Å². The highest BCUT2D eigenvalue weighted by Crippen LogP contribution is 2.45. The molecule has 0 unspecified atom stereocenters. The minimum absolute atomic E-state index is 0.0855. The first kappa shape index (κ1) is 24.8. The molecule has 6 atom stereocenters. The number of nitrogens with one attached hydrogen (secondary N) is 2. The number of hydrogen-bond acceptors (Lipinski definition) is 6. The average molecular weight is 483 g/mol. The Morgan fingerprint density at radius 3 is 2.60 bits per heavy atom. The number of aromatic nitrogens is 3. The van der Waals surface area contributed by atoms with E-state index >= 15 is 0 Å². The lowest BCUT2D eigenvalue weighted by Crippen LogP contribution is -2.52. The maximum absolute atomic E-state index is 13.8. The van der Waals surface area contributed by atoms with Crippen LogP contribution in [-0.4, -0.2) is 68.5 Å². The van der Waals surface area contributed by atoms with E-state index in [9.17, 15) is 19.5 Å². The van der Waals surface area contributed by atoms with Crippen molar-refractivity contribution >= 4 is 28.8 Å². The Balaban J connectivity index is 1.66. The summed E-state index contributed by atoms with van der Waals surface area (Å²) >= 11 is 0. The molecule has 3 N–H and O–H groups in total. The first-order chi connectivity index (χ1) is 16.8. The normalized spacial score (nSPS) is 26.7. The zero-order valence-corrected chi connectivity index (χ0v) is 20.6. The highest BCUT2D eigenvalue weighted by Gasteiger charge is 2.57. The van der Waals surface area contributed by atoms with Crippen molar-refractivity contribution in [3.8, 4) is 0 Å². The molecule has 0 bridgehead atoms. The molecule has 1 aromatic carbocycles. The van der Waals surface area contributed by atoms with Gasteiger partial charge in [-0.1, -0.05) is 50.3 Å². The average Bonchev–Trinajstić information content (AvgIpc) is 3.39. The van der Waals surface area contributed by atoms with Crippen LogP contribution in [0.2, 0.25) is 0 Å². The lowest BCUT2D eigenvalue weighted by Gasteiger charge is -2.34. The van der Waals surface area contributed by atoms with E-state index in [1.165, 1.54) is 4.90 Å². The number of carbonyl (C=O) groups excluding carboxylic acids is 3. The first-order valence-electron chi connectivity index (χ1n) is 12.2. The minimum atomic E-state index is -0.839. The van der Waals surface area contributed by atoms with Gasteiger partial charge in [-0.3, -0.25) is 14.4 Å². The number of aliphatic hydroxyl groups is 1. The van der Waals surface area contributed by atoms with Crippen molar-refractivity contribution < 1.29 is 19.5 Å². The molecule has 1 fully saturated rings. The van der Waals surface area contributed by atoms with Crippen LogP contribution in [0.4, 0.5) is 0 Å². The summed E-state index contributed by atoms with van der Waals surface area (Å²) < 4.78 is 1.59. The predicted molar refractivity (Wildman–Crippen MR) is 129 cm³/mol. The zero-order chi connectivity index (χ0) is 25.3. The van der Waals surface area contributed by atoms with E-state index in [0.717, 1.165) is 11.0 Å². The third-order valence-corrected chi connectivity index (χ3v) is 7.20. The predicted octanol–water partition coefficient (Wildman–Crippen LogP) is 0.923. The molecule has 35 heavy (non-hydrogen) atoms. The number of amides is 3. The van der Waals surface area contributed by atoms with Gasteiger partial charge in [-0.15, -0.1) is 5.10 Å². The largest absolute Gasteiger partial charge is 0.394 e. The molecule has 10 nitrogen and oxygen atoms in total. The van der Waals surface area contributed by atoms with Crippen molar-refractivity contribution in [3.63, 3.8) is 0 Å². The summed E-state index contributed by atoms with van der Waals surface area (Å²) in [5.74, 6) is -2.49. The first-order valence-corrected chi connectivity index (χ1v) is 12.2. The third kappa shape index (κ3) is 4.54. The highest BCUT2D eigenvalue weighted by molar-refractivity contribution is 5.97. The molecule has 3 amide bonds. The van der Waals surface area contributed by atoms with Gasteiger partial charge in [0.25, 0.3) is 0 Å². The fourth-order valence-electron chi connectivity index (χ4n) is 5.61. The number of allylic oxidation sites excluding steroid dienone is 1. The maximum atomic E-state index is 13.8. The van der Waals surface area contributed by atoms with E-state index in [1.807, 2.05) is 57.2 Å². The topological polar surface area (TPSA) is 129 Å². The summed E-state index contributed by atoms with van der Waals surface area (Å²) in [7, 11) is 1.56. The zero-order valence-electron chi connectivity index (χ0n) is 20.6. The van der Waals surface area contributed by atoms with Gasteiger partial charge in [0, 0.05) is 13.0 Å². The lowest BCUT2D eigenvalue weighted by atomic mass is 9.70.